The van der Waals surface area contributed by atoms with E-state index in [0.717, 1.165) is 0 Å². The monoisotopic (exact) mass is 365 g/mol. The number of carbonyl (C=O) groups is 2. The smallest absolute Gasteiger partial charge is 0.323 e. The molecule has 0 bridgehead atoms. The fraction of sp³-hybridized carbons (Fsp3) is 0.190. The molecule has 0 saturated heterocycles. The highest BCUT2D eigenvalue weighted by molar-refractivity contribution is 6.12. The Morgan fingerprint density at radius 2 is 1.63 bits per heavy atom. The van der Waals surface area contributed by atoms with Gasteiger partial charge in [0.15, 0.2) is 5.78 Å². The van der Waals surface area contributed by atoms with Gasteiger partial charge in [-0.15, -0.1) is 0 Å². The molecule has 1 heterocycles. The first-order valence-electron chi connectivity index (χ1n) is 8.79. The minimum Gasteiger partial charge on any atom is -0.323 e. The van der Waals surface area contributed by atoms with Gasteiger partial charge in [0.1, 0.15) is 11.5 Å². The summed E-state index contributed by atoms with van der Waals surface area (Å²) in [5.41, 5.74) is 1.72. The van der Waals surface area contributed by atoms with Gasteiger partial charge in [0.05, 0.1) is 5.56 Å². The molecule has 0 radical (unpaired) electrons. The highest BCUT2D eigenvalue weighted by Gasteiger charge is 2.23. The van der Waals surface area contributed by atoms with Crippen LogP contribution in [0, 0.1) is 5.82 Å². The van der Waals surface area contributed by atoms with Crippen molar-refractivity contribution in [2.24, 2.45) is 0 Å². The first-order valence-corrected chi connectivity index (χ1v) is 8.79. The van der Waals surface area contributed by atoms with Crippen LogP contribution in [0.3, 0.4) is 0 Å². The lowest BCUT2D eigenvalue weighted by Gasteiger charge is -2.17. The fourth-order valence-electron chi connectivity index (χ4n) is 2.84. The van der Waals surface area contributed by atoms with Gasteiger partial charge in [0.25, 0.3) is 0 Å². The normalized spacial score (nSPS) is 10.6. The van der Waals surface area contributed by atoms with Crippen LogP contribution >= 0.6 is 0 Å². The van der Waals surface area contributed by atoms with Gasteiger partial charge in [-0.2, -0.15) is 9.78 Å². The van der Waals surface area contributed by atoms with Gasteiger partial charge in [-0.3, -0.25) is 4.79 Å². The average molecular weight is 365 g/mol. The highest BCUT2D eigenvalue weighted by atomic mass is 19.1. The topological polar surface area (TPSA) is 55.2 Å². The van der Waals surface area contributed by atoms with Gasteiger partial charge in [0.2, 0.25) is 0 Å². The summed E-state index contributed by atoms with van der Waals surface area (Å²) in [5.74, 6) is -0.623. The van der Waals surface area contributed by atoms with Crippen molar-refractivity contribution in [1.29, 1.82) is 0 Å². The Labute approximate surface area is 157 Å². The molecule has 0 atom stereocenters. The third-order valence-corrected chi connectivity index (χ3v) is 4.34. The van der Waals surface area contributed by atoms with E-state index >= 15 is 0 Å². The first kappa shape index (κ1) is 18.5. The Morgan fingerprint density at radius 1 is 1.00 bits per heavy atom. The molecule has 27 heavy (non-hydrogen) atoms. The second-order valence-corrected chi connectivity index (χ2v) is 5.99. The number of ketones is 1. The zero-order chi connectivity index (χ0) is 19.4. The molecular weight excluding hydrogens is 345 g/mol. The number of carbonyl (C=O) groups excluding carboxylic acids is 2. The van der Waals surface area contributed by atoms with Crippen LogP contribution < -0.4 is 0 Å². The summed E-state index contributed by atoms with van der Waals surface area (Å²) in [6.07, 6.45) is 1.45. The Balaban J connectivity index is 2.11. The number of amides is 1. The second-order valence-electron chi connectivity index (χ2n) is 5.99. The SMILES string of the molecule is CCN(CC)C(=O)n1cc(C(=O)c2ccccc2)c(-c2ccc(F)cc2)n1. The lowest BCUT2D eigenvalue weighted by molar-refractivity contribution is 0.103. The van der Waals surface area contributed by atoms with E-state index in [1.807, 2.05) is 19.9 Å². The molecule has 2 aromatic carbocycles. The molecule has 6 heteroatoms. The fourth-order valence-corrected chi connectivity index (χ4v) is 2.84. The van der Waals surface area contributed by atoms with Crippen molar-refractivity contribution in [2.75, 3.05) is 13.1 Å². The summed E-state index contributed by atoms with van der Waals surface area (Å²) < 4.78 is 14.5. The van der Waals surface area contributed by atoms with E-state index in [1.165, 1.54) is 23.0 Å². The molecule has 0 fully saturated rings. The zero-order valence-electron chi connectivity index (χ0n) is 15.2. The maximum Gasteiger partial charge on any atom is 0.344 e. The largest absolute Gasteiger partial charge is 0.344 e. The molecule has 1 aromatic heterocycles. The third-order valence-electron chi connectivity index (χ3n) is 4.34. The molecule has 3 aromatic rings. The lowest BCUT2D eigenvalue weighted by atomic mass is 10.0. The van der Waals surface area contributed by atoms with Gasteiger partial charge in [0, 0.05) is 30.4 Å². The minimum atomic E-state index is -0.381. The summed E-state index contributed by atoms with van der Waals surface area (Å²) >= 11 is 0. The number of rotatable bonds is 5. The molecule has 5 nitrogen and oxygen atoms in total. The molecule has 138 valence electrons. The molecule has 0 aliphatic heterocycles. The van der Waals surface area contributed by atoms with Crippen molar-refractivity contribution in [2.45, 2.75) is 13.8 Å². The Morgan fingerprint density at radius 3 is 2.22 bits per heavy atom. The van der Waals surface area contributed by atoms with Crippen molar-refractivity contribution in [3.8, 4) is 11.3 Å². The second kappa shape index (κ2) is 7.95. The predicted molar refractivity (Wildman–Crippen MR) is 101 cm³/mol. The summed E-state index contributed by atoms with van der Waals surface area (Å²) in [6.45, 7) is 4.82. The van der Waals surface area contributed by atoms with Gasteiger partial charge in [-0.25, -0.2) is 9.18 Å². The lowest BCUT2D eigenvalue weighted by Crippen LogP contribution is -2.34. The number of halogens is 1. The van der Waals surface area contributed by atoms with Crippen LogP contribution in [-0.4, -0.2) is 39.6 Å². The molecule has 0 saturated carbocycles. The highest BCUT2D eigenvalue weighted by Crippen LogP contribution is 2.25. The quantitative estimate of drug-likeness (QED) is 0.636. The number of benzene rings is 2. The number of nitrogens with zero attached hydrogens (tertiary/aromatic N) is 3. The predicted octanol–water partition coefficient (Wildman–Crippen LogP) is 4.23. The third kappa shape index (κ3) is 3.79. The van der Waals surface area contributed by atoms with Crippen LogP contribution in [0.5, 0.6) is 0 Å². The minimum absolute atomic E-state index is 0.242. The van der Waals surface area contributed by atoms with Crippen molar-refractivity contribution < 1.29 is 14.0 Å². The maximum atomic E-state index is 13.3. The number of aromatic nitrogens is 2. The van der Waals surface area contributed by atoms with Crippen molar-refractivity contribution in [3.05, 3.63) is 77.7 Å². The van der Waals surface area contributed by atoms with E-state index in [9.17, 15) is 14.0 Å². The number of hydrogen-bond donors (Lipinski definition) is 0. The standard InChI is InChI=1S/C21H20FN3O2/c1-3-24(4-2)21(27)25-14-18(20(26)16-8-6-5-7-9-16)19(23-25)15-10-12-17(22)13-11-15/h5-14H,3-4H2,1-2H3. The molecule has 0 aliphatic rings. The summed E-state index contributed by atoms with van der Waals surface area (Å²) in [7, 11) is 0. The van der Waals surface area contributed by atoms with Crippen LogP contribution in [0.15, 0.2) is 60.8 Å². The molecule has 0 N–H and O–H groups in total. The van der Waals surface area contributed by atoms with E-state index in [0.29, 0.717) is 35.5 Å². The van der Waals surface area contributed by atoms with E-state index in [1.54, 1.807) is 41.3 Å². The summed E-state index contributed by atoms with van der Waals surface area (Å²) in [6, 6.07) is 14.2. The molecule has 3 rings (SSSR count). The molecular formula is C21H20FN3O2. The zero-order valence-corrected chi connectivity index (χ0v) is 15.2. The van der Waals surface area contributed by atoms with E-state index in [-0.39, 0.29) is 17.6 Å². The Kier molecular flexibility index (Phi) is 5.45. The molecule has 0 aliphatic carbocycles. The maximum absolute atomic E-state index is 13.3. The van der Waals surface area contributed by atoms with Crippen molar-refractivity contribution in [1.82, 2.24) is 14.7 Å². The van der Waals surface area contributed by atoms with Gasteiger partial charge in [-0.05, 0) is 38.1 Å². The van der Waals surface area contributed by atoms with Gasteiger partial charge >= 0.3 is 6.03 Å². The van der Waals surface area contributed by atoms with Gasteiger partial charge < -0.3 is 4.90 Å². The first-order chi connectivity index (χ1) is 13.0. The van der Waals surface area contributed by atoms with Crippen molar-refractivity contribution in [3.63, 3.8) is 0 Å². The molecule has 0 spiro atoms. The average Bonchev–Trinajstić information content (AvgIpc) is 3.15. The summed E-state index contributed by atoms with van der Waals surface area (Å²) in [5, 5.41) is 4.36. The van der Waals surface area contributed by atoms with Crippen LogP contribution in [-0.2, 0) is 0 Å². The van der Waals surface area contributed by atoms with E-state index < -0.39 is 0 Å². The van der Waals surface area contributed by atoms with Crippen LogP contribution in [0.1, 0.15) is 29.8 Å². The Hall–Kier alpha value is -3.28. The van der Waals surface area contributed by atoms with Crippen LogP contribution in [0.2, 0.25) is 0 Å². The Bertz CT molecular complexity index is 945. The van der Waals surface area contributed by atoms with E-state index in [4.69, 9.17) is 0 Å². The van der Waals surface area contributed by atoms with E-state index in [2.05, 4.69) is 5.10 Å². The molecule has 1 amide bonds. The van der Waals surface area contributed by atoms with Gasteiger partial charge in [-0.1, -0.05) is 30.3 Å². The molecule has 0 unspecified atom stereocenters. The van der Waals surface area contributed by atoms with Crippen LogP contribution in [0.25, 0.3) is 11.3 Å². The summed E-state index contributed by atoms with van der Waals surface area (Å²) in [4.78, 5) is 27.3. The van der Waals surface area contributed by atoms with Crippen LogP contribution in [0.4, 0.5) is 9.18 Å². The number of hydrogen-bond acceptors (Lipinski definition) is 3. The van der Waals surface area contributed by atoms with Crippen molar-refractivity contribution >= 4 is 11.8 Å².